The number of nitrogens with zero attached hydrogens (tertiary/aromatic N) is 1. The van der Waals surface area contributed by atoms with Gasteiger partial charge in [-0.25, -0.2) is 0 Å². The summed E-state index contributed by atoms with van der Waals surface area (Å²) in [6.45, 7) is 4.50. The normalized spacial score (nSPS) is 18.0. The van der Waals surface area contributed by atoms with E-state index in [1.807, 2.05) is 6.07 Å². The van der Waals surface area contributed by atoms with Crippen molar-refractivity contribution in [3.8, 4) is 11.1 Å². The van der Waals surface area contributed by atoms with Crippen molar-refractivity contribution < 1.29 is 9.90 Å². The second-order valence-corrected chi connectivity index (χ2v) is 7.20. The number of likely N-dealkylation sites (tertiary alicyclic amines) is 1. The van der Waals surface area contributed by atoms with Crippen LogP contribution in [0.2, 0.25) is 0 Å². The molecule has 4 rings (SSSR count). The van der Waals surface area contributed by atoms with E-state index in [4.69, 9.17) is 5.11 Å². The number of rotatable bonds is 4. The number of carbonyl (C=O) groups is 1. The van der Waals surface area contributed by atoms with E-state index in [-0.39, 0.29) is 5.92 Å². The average molecular weight is 333 g/mol. The maximum absolute atomic E-state index is 11.0. The molecule has 0 aromatic heterocycles. The van der Waals surface area contributed by atoms with Crippen molar-refractivity contribution >= 4 is 11.5 Å². The summed E-state index contributed by atoms with van der Waals surface area (Å²) in [7, 11) is 0. The van der Waals surface area contributed by atoms with Gasteiger partial charge in [0.2, 0.25) is 0 Å². The molecule has 2 aliphatic rings. The third-order valence-corrected chi connectivity index (χ3v) is 5.56. The van der Waals surface area contributed by atoms with Crippen LogP contribution in [0.5, 0.6) is 0 Å². The van der Waals surface area contributed by atoms with Crippen LogP contribution in [0.4, 0.5) is 0 Å². The summed E-state index contributed by atoms with van der Waals surface area (Å²) in [6.07, 6.45) is 2.14. The van der Waals surface area contributed by atoms with E-state index in [9.17, 15) is 4.79 Å². The zero-order chi connectivity index (χ0) is 17.4. The number of aryl methyl sites for hydroxylation is 1. The molecular formula is C22H23NO2. The van der Waals surface area contributed by atoms with Crippen molar-refractivity contribution in [1.82, 2.24) is 4.90 Å². The minimum atomic E-state index is -0.663. The first-order chi connectivity index (χ1) is 12.1. The molecule has 0 atom stereocenters. The van der Waals surface area contributed by atoms with Crippen molar-refractivity contribution in [3.63, 3.8) is 0 Å². The number of hydrogen-bond donors (Lipinski definition) is 1. The van der Waals surface area contributed by atoms with Gasteiger partial charge < -0.3 is 5.11 Å². The SMILES string of the molecule is CC1=C(CN2CC(C(=O)O)C2)CCc2cc(-c3ccccc3)ccc21. The number of carboxylic acids is 1. The van der Waals surface area contributed by atoms with Crippen molar-refractivity contribution in [3.05, 3.63) is 65.2 Å². The molecule has 1 heterocycles. The number of aliphatic carboxylic acids is 1. The molecular weight excluding hydrogens is 310 g/mol. The van der Waals surface area contributed by atoms with Crippen LogP contribution in [0, 0.1) is 5.92 Å². The Hall–Kier alpha value is -2.39. The summed E-state index contributed by atoms with van der Waals surface area (Å²) in [5.41, 5.74) is 8.16. The van der Waals surface area contributed by atoms with Crippen molar-refractivity contribution in [1.29, 1.82) is 0 Å². The molecule has 1 fully saturated rings. The van der Waals surface area contributed by atoms with Crippen LogP contribution < -0.4 is 0 Å². The van der Waals surface area contributed by atoms with Crippen molar-refractivity contribution in [2.24, 2.45) is 5.92 Å². The number of carboxylic acid groups (broad SMARTS) is 1. The molecule has 3 nitrogen and oxygen atoms in total. The highest BCUT2D eigenvalue weighted by Gasteiger charge is 2.33. The van der Waals surface area contributed by atoms with Crippen LogP contribution in [-0.4, -0.2) is 35.6 Å². The van der Waals surface area contributed by atoms with Crippen LogP contribution in [0.3, 0.4) is 0 Å². The van der Waals surface area contributed by atoms with Gasteiger partial charge in [0, 0.05) is 19.6 Å². The van der Waals surface area contributed by atoms with Gasteiger partial charge in [-0.1, -0.05) is 54.1 Å². The Bertz CT molecular complexity index is 832. The molecule has 0 amide bonds. The topological polar surface area (TPSA) is 40.5 Å². The molecule has 0 radical (unpaired) electrons. The lowest BCUT2D eigenvalue weighted by molar-refractivity contribution is -0.147. The van der Waals surface area contributed by atoms with Gasteiger partial charge in [-0.15, -0.1) is 0 Å². The predicted molar refractivity (Wildman–Crippen MR) is 100 cm³/mol. The molecule has 0 unspecified atom stereocenters. The van der Waals surface area contributed by atoms with Gasteiger partial charge in [0.05, 0.1) is 5.92 Å². The first kappa shape index (κ1) is 16.1. The fourth-order valence-corrected chi connectivity index (χ4v) is 3.96. The third kappa shape index (κ3) is 3.12. The van der Waals surface area contributed by atoms with Crippen molar-refractivity contribution in [2.45, 2.75) is 19.8 Å². The van der Waals surface area contributed by atoms with Crippen molar-refractivity contribution in [2.75, 3.05) is 19.6 Å². The fourth-order valence-electron chi connectivity index (χ4n) is 3.96. The second-order valence-electron chi connectivity index (χ2n) is 7.20. The van der Waals surface area contributed by atoms with Crippen LogP contribution in [0.15, 0.2) is 54.1 Å². The monoisotopic (exact) mass is 333 g/mol. The molecule has 0 spiro atoms. The van der Waals surface area contributed by atoms with Gasteiger partial charge in [-0.05, 0) is 47.6 Å². The maximum atomic E-state index is 11.0. The molecule has 1 aliphatic carbocycles. The number of benzene rings is 2. The van der Waals surface area contributed by atoms with Crippen LogP contribution in [0.1, 0.15) is 24.5 Å². The lowest BCUT2D eigenvalue weighted by atomic mass is 9.84. The van der Waals surface area contributed by atoms with E-state index < -0.39 is 5.97 Å². The summed E-state index contributed by atoms with van der Waals surface area (Å²) < 4.78 is 0. The van der Waals surface area contributed by atoms with Gasteiger partial charge in [0.1, 0.15) is 0 Å². The minimum Gasteiger partial charge on any atom is -0.481 e. The van der Waals surface area contributed by atoms with Crippen LogP contribution >= 0.6 is 0 Å². The Balaban J connectivity index is 1.53. The summed E-state index contributed by atoms with van der Waals surface area (Å²) in [5, 5.41) is 9.02. The summed E-state index contributed by atoms with van der Waals surface area (Å²) in [6, 6.07) is 17.3. The zero-order valence-electron chi connectivity index (χ0n) is 14.5. The smallest absolute Gasteiger partial charge is 0.309 e. The molecule has 1 aliphatic heterocycles. The molecule has 0 saturated carbocycles. The predicted octanol–water partition coefficient (Wildman–Crippen LogP) is 4.09. The highest BCUT2D eigenvalue weighted by atomic mass is 16.4. The zero-order valence-corrected chi connectivity index (χ0v) is 14.5. The summed E-state index contributed by atoms with van der Waals surface area (Å²) in [4.78, 5) is 13.2. The van der Waals surface area contributed by atoms with Gasteiger partial charge in [0.15, 0.2) is 0 Å². The Morgan fingerprint density at radius 2 is 1.84 bits per heavy atom. The van der Waals surface area contributed by atoms with E-state index >= 15 is 0 Å². The molecule has 1 N–H and O–H groups in total. The highest BCUT2D eigenvalue weighted by molar-refractivity contribution is 5.76. The van der Waals surface area contributed by atoms with Crippen LogP contribution in [0.25, 0.3) is 16.7 Å². The second kappa shape index (κ2) is 6.49. The molecule has 0 bridgehead atoms. The first-order valence-electron chi connectivity index (χ1n) is 8.94. The molecule has 1 saturated heterocycles. The largest absolute Gasteiger partial charge is 0.481 e. The quantitative estimate of drug-likeness (QED) is 0.916. The fraction of sp³-hybridized carbons (Fsp3) is 0.318. The standard InChI is InChI=1S/C22H23NO2/c1-15-19(12-23-13-20(14-23)22(24)25)8-7-18-11-17(9-10-21(15)18)16-5-3-2-4-6-16/h2-6,9-11,20H,7-8,12-14H2,1H3,(H,24,25). The van der Waals surface area contributed by atoms with E-state index in [1.165, 1.54) is 33.4 Å². The van der Waals surface area contributed by atoms with Gasteiger partial charge in [-0.2, -0.15) is 0 Å². The van der Waals surface area contributed by atoms with E-state index in [0.717, 1.165) is 19.4 Å². The Morgan fingerprint density at radius 1 is 1.08 bits per heavy atom. The number of allylic oxidation sites excluding steroid dienone is 1. The lowest BCUT2D eigenvalue weighted by Crippen LogP contribution is -2.50. The van der Waals surface area contributed by atoms with E-state index in [2.05, 4.69) is 54.3 Å². The lowest BCUT2D eigenvalue weighted by Gasteiger charge is -2.38. The molecule has 2 aromatic rings. The van der Waals surface area contributed by atoms with E-state index in [0.29, 0.717) is 13.1 Å². The molecule has 128 valence electrons. The van der Waals surface area contributed by atoms with Gasteiger partial charge in [0.25, 0.3) is 0 Å². The Labute approximate surface area is 148 Å². The van der Waals surface area contributed by atoms with Gasteiger partial charge in [-0.3, -0.25) is 9.69 Å². The third-order valence-electron chi connectivity index (χ3n) is 5.56. The summed E-state index contributed by atoms with van der Waals surface area (Å²) in [5.74, 6) is -0.838. The molecule has 3 heteroatoms. The van der Waals surface area contributed by atoms with Crippen LogP contribution in [-0.2, 0) is 11.2 Å². The van der Waals surface area contributed by atoms with E-state index in [1.54, 1.807) is 0 Å². The molecule has 2 aromatic carbocycles. The number of fused-ring (bicyclic) bond motifs is 1. The highest BCUT2D eigenvalue weighted by Crippen LogP contribution is 2.35. The Morgan fingerprint density at radius 3 is 2.56 bits per heavy atom. The molecule has 25 heavy (non-hydrogen) atoms. The summed E-state index contributed by atoms with van der Waals surface area (Å²) >= 11 is 0. The van der Waals surface area contributed by atoms with Gasteiger partial charge >= 0.3 is 5.97 Å². The Kier molecular flexibility index (Phi) is 4.18. The first-order valence-corrected chi connectivity index (χ1v) is 8.94. The maximum Gasteiger partial charge on any atom is 0.309 e. The number of hydrogen-bond acceptors (Lipinski definition) is 2. The average Bonchev–Trinajstić information content (AvgIpc) is 2.59. The minimum absolute atomic E-state index is 0.176.